The Morgan fingerprint density at radius 1 is 1.07 bits per heavy atom. The minimum Gasteiger partial charge on any atom is -0.495 e. The Labute approximate surface area is 156 Å². The van der Waals surface area contributed by atoms with Gasteiger partial charge in [0.05, 0.1) is 18.4 Å². The summed E-state index contributed by atoms with van der Waals surface area (Å²) in [6.07, 6.45) is 1.88. The van der Waals surface area contributed by atoms with Gasteiger partial charge in [-0.1, -0.05) is 24.3 Å². The zero-order valence-electron chi connectivity index (χ0n) is 14.5. The van der Waals surface area contributed by atoms with E-state index in [4.69, 9.17) is 4.74 Å². The molecule has 0 unspecified atom stereocenters. The second kappa shape index (κ2) is 6.28. The predicted molar refractivity (Wildman–Crippen MR) is 102 cm³/mol. The molecule has 0 aromatic heterocycles. The quantitative estimate of drug-likeness (QED) is 0.704. The van der Waals surface area contributed by atoms with Crippen molar-refractivity contribution in [3.63, 3.8) is 0 Å². The van der Waals surface area contributed by atoms with Gasteiger partial charge in [-0.2, -0.15) is 0 Å². The van der Waals surface area contributed by atoms with Gasteiger partial charge in [0.15, 0.2) is 0 Å². The van der Waals surface area contributed by atoms with Gasteiger partial charge in [-0.05, 0) is 53.6 Å². The highest BCUT2D eigenvalue weighted by Gasteiger charge is 2.24. The van der Waals surface area contributed by atoms with E-state index in [1.165, 1.54) is 30.4 Å². The molecule has 2 N–H and O–H groups in total. The second-order valence-corrected chi connectivity index (χ2v) is 8.04. The Morgan fingerprint density at radius 2 is 1.81 bits per heavy atom. The molecule has 1 aliphatic rings. The van der Waals surface area contributed by atoms with Crippen LogP contribution in [0.4, 0.5) is 5.69 Å². The van der Waals surface area contributed by atoms with Gasteiger partial charge in [0, 0.05) is 5.39 Å². The van der Waals surface area contributed by atoms with Crippen LogP contribution in [0.1, 0.15) is 21.5 Å². The van der Waals surface area contributed by atoms with Gasteiger partial charge in [0.25, 0.3) is 10.0 Å². The highest BCUT2D eigenvalue weighted by molar-refractivity contribution is 7.92. The average molecular weight is 383 g/mol. The summed E-state index contributed by atoms with van der Waals surface area (Å²) in [5, 5.41) is 11.1. The number of anilines is 1. The molecule has 6 nitrogen and oxygen atoms in total. The van der Waals surface area contributed by atoms with Crippen molar-refractivity contribution in [2.75, 3.05) is 11.8 Å². The van der Waals surface area contributed by atoms with Crippen LogP contribution < -0.4 is 9.46 Å². The van der Waals surface area contributed by atoms with Crippen molar-refractivity contribution in [1.82, 2.24) is 0 Å². The fourth-order valence-electron chi connectivity index (χ4n) is 3.56. The third-order valence-electron chi connectivity index (χ3n) is 4.82. The number of carboxylic acid groups (broad SMARTS) is 1. The molecular weight excluding hydrogens is 366 g/mol. The number of carboxylic acids is 1. The third-order valence-corrected chi connectivity index (χ3v) is 6.21. The number of ether oxygens (including phenoxy) is 1. The van der Waals surface area contributed by atoms with Crippen LogP contribution in [-0.2, 0) is 22.9 Å². The Balaban J connectivity index is 1.83. The van der Waals surface area contributed by atoms with E-state index < -0.39 is 16.0 Å². The summed E-state index contributed by atoms with van der Waals surface area (Å²) in [4.78, 5) is 11.0. The Bertz CT molecular complexity index is 1170. The first-order valence-corrected chi connectivity index (χ1v) is 9.86. The Morgan fingerprint density at radius 3 is 2.52 bits per heavy atom. The fourth-order valence-corrected chi connectivity index (χ4v) is 4.83. The summed E-state index contributed by atoms with van der Waals surface area (Å²) >= 11 is 0. The summed E-state index contributed by atoms with van der Waals surface area (Å²) in [6, 6.07) is 13.3. The van der Waals surface area contributed by atoms with E-state index in [0.717, 1.165) is 29.7 Å². The summed E-state index contributed by atoms with van der Waals surface area (Å²) in [6.45, 7) is 0. The van der Waals surface area contributed by atoms with E-state index in [9.17, 15) is 18.3 Å². The van der Waals surface area contributed by atoms with E-state index in [1.54, 1.807) is 6.07 Å². The van der Waals surface area contributed by atoms with Gasteiger partial charge in [-0.15, -0.1) is 0 Å². The Hall–Kier alpha value is -3.06. The zero-order chi connectivity index (χ0) is 19.2. The molecule has 0 amide bonds. The highest BCUT2D eigenvalue weighted by atomic mass is 32.2. The lowest BCUT2D eigenvalue weighted by Gasteiger charge is -2.14. The van der Waals surface area contributed by atoms with Crippen molar-refractivity contribution in [3.8, 4) is 5.75 Å². The Kier molecular flexibility index (Phi) is 4.04. The molecule has 0 spiro atoms. The number of nitrogens with one attached hydrogen (secondary N) is 1. The minimum absolute atomic E-state index is 0.0819. The molecule has 0 fully saturated rings. The SMILES string of the molecule is COc1ccc(C(=O)O)cc1S(=O)(=O)Nc1ccc2c3c(cccc13)CC2. The van der Waals surface area contributed by atoms with E-state index in [0.29, 0.717) is 5.69 Å². The van der Waals surface area contributed by atoms with Gasteiger partial charge in [-0.25, -0.2) is 13.2 Å². The fraction of sp³-hybridized carbons (Fsp3) is 0.150. The number of aromatic carboxylic acids is 1. The average Bonchev–Trinajstić information content (AvgIpc) is 3.08. The van der Waals surface area contributed by atoms with Crippen LogP contribution >= 0.6 is 0 Å². The smallest absolute Gasteiger partial charge is 0.335 e. The molecule has 3 aromatic rings. The van der Waals surface area contributed by atoms with Gasteiger partial charge in [0.1, 0.15) is 10.6 Å². The van der Waals surface area contributed by atoms with E-state index >= 15 is 0 Å². The van der Waals surface area contributed by atoms with Crippen LogP contribution in [0, 0.1) is 0 Å². The summed E-state index contributed by atoms with van der Waals surface area (Å²) in [5.74, 6) is -1.13. The van der Waals surface area contributed by atoms with Crippen LogP contribution in [0.25, 0.3) is 10.8 Å². The lowest BCUT2D eigenvalue weighted by molar-refractivity contribution is 0.0696. The van der Waals surface area contributed by atoms with Crippen LogP contribution in [-0.4, -0.2) is 26.6 Å². The summed E-state index contributed by atoms with van der Waals surface area (Å²) < 4.78 is 33.7. The number of aryl methyl sites for hydroxylation is 2. The van der Waals surface area contributed by atoms with Crippen molar-refractivity contribution in [2.45, 2.75) is 17.7 Å². The predicted octanol–water partition coefficient (Wildman–Crippen LogP) is 3.45. The number of benzene rings is 3. The largest absolute Gasteiger partial charge is 0.495 e. The number of rotatable bonds is 5. The molecule has 3 aromatic carbocycles. The maximum atomic E-state index is 13.0. The number of hydrogen-bond acceptors (Lipinski definition) is 4. The van der Waals surface area contributed by atoms with Crippen LogP contribution in [0.15, 0.2) is 53.4 Å². The topological polar surface area (TPSA) is 92.7 Å². The van der Waals surface area contributed by atoms with Crippen LogP contribution in [0.2, 0.25) is 0 Å². The highest BCUT2D eigenvalue weighted by Crippen LogP contribution is 2.36. The number of hydrogen-bond donors (Lipinski definition) is 2. The van der Waals surface area contributed by atoms with Gasteiger partial charge < -0.3 is 9.84 Å². The van der Waals surface area contributed by atoms with Crippen LogP contribution in [0.3, 0.4) is 0 Å². The third kappa shape index (κ3) is 2.90. The lowest BCUT2D eigenvalue weighted by atomic mass is 10.0. The first kappa shape index (κ1) is 17.4. The second-order valence-electron chi connectivity index (χ2n) is 6.39. The molecule has 0 atom stereocenters. The number of carbonyl (C=O) groups is 1. The lowest BCUT2D eigenvalue weighted by Crippen LogP contribution is -2.15. The van der Waals surface area contributed by atoms with E-state index in [1.807, 2.05) is 18.2 Å². The van der Waals surface area contributed by atoms with Crippen molar-refractivity contribution in [1.29, 1.82) is 0 Å². The van der Waals surface area contributed by atoms with Gasteiger partial charge >= 0.3 is 5.97 Å². The molecule has 0 saturated heterocycles. The molecule has 27 heavy (non-hydrogen) atoms. The zero-order valence-corrected chi connectivity index (χ0v) is 15.3. The molecule has 0 saturated carbocycles. The molecular formula is C20H17NO5S. The molecule has 1 aliphatic carbocycles. The molecule has 0 heterocycles. The molecule has 0 radical (unpaired) electrons. The standard InChI is InChI=1S/C20H17NO5S/c1-26-17-10-8-14(20(22)23)11-18(17)27(24,25)21-16-9-7-13-6-5-12-3-2-4-15(16)19(12)13/h2-4,7-11,21H,5-6H2,1H3,(H,22,23). The molecule has 138 valence electrons. The van der Waals surface area contributed by atoms with Crippen molar-refractivity contribution >= 4 is 32.5 Å². The first-order chi connectivity index (χ1) is 12.9. The maximum Gasteiger partial charge on any atom is 0.335 e. The number of methoxy groups -OCH3 is 1. The molecule has 0 bridgehead atoms. The molecule has 0 aliphatic heterocycles. The first-order valence-electron chi connectivity index (χ1n) is 8.38. The maximum absolute atomic E-state index is 13.0. The normalized spacial score (nSPS) is 12.9. The number of sulfonamides is 1. The van der Waals surface area contributed by atoms with Crippen molar-refractivity contribution < 1.29 is 23.1 Å². The summed E-state index contributed by atoms with van der Waals surface area (Å²) in [7, 11) is -2.71. The monoisotopic (exact) mass is 383 g/mol. The van der Waals surface area contributed by atoms with Gasteiger partial charge in [0.2, 0.25) is 0 Å². The molecule has 7 heteroatoms. The molecule has 4 rings (SSSR count). The van der Waals surface area contributed by atoms with Crippen molar-refractivity contribution in [3.05, 3.63) is 65.2 Å². The van der Waals surface area contributed by atoms with E-state index in [-0.39, 0.29) is 16.2 Å². The summed E-state index contributed by atoms with van der Waals surface area (Å²) in [5.41, 5.74) is 2.74. The van der Waals surface area contributed by atoms with Crippen LogP contribution in [0.5, 0.6) is 5.75 Å². The van der Waals surface area contributed by atoms with Gasteiger partial charge in [-0.3, -0.25) is 4.72 Å². The minimum atomic E-state index is -4.05. The van der Waals surface area contributed by atoms with E-state index in [2.05, 4.69) is 10.8 Å². The van der Waals surface area contributed by atoms with Crippen molar-refractivity contribution in [2.24, 2.45) is 0 Å².